The van der Waals surface area contributed by atoms with E-state index >= 15 is 0 Å². The Hall–Kier alpha value is -0.380. The number of aliphatic hydroxyl groups excluding tert-OH is 2. The Morgan fingerprint density at radius 2 is 1.58 bits per heavy atom. The van der Waals surface area contributed by atoms with Gasteiger partial charge in [0.15, 0.2) is 0 Å². The van der Waals surface area contributed by atoms with Crippen molar-refractivity contribution in [3.05, 3.63) is 12.2 Å². The minimum absolute atomic E-state index is 0.00190. The van der Waals surface area contributed by atoms with Crippen LogP contribution >= 0.6 is 0 Å². The van der Waals surface area contributed by atoms with Crippen molar-refractivity contribution in [3.63, 3.8) is 0 Å². The van der Waals surface area contributed by atoms with Crippen molar-refractivity contribution >= 4 is 0 Å². The molecule has 3 N–H and O–H groups in total. The third kappa shape index (κ3) is 3.61. The van der Waals surface area contributed by atoms with E-state index in [1.54, 1.807) is 0 Å². The summed E-state index contributed by atoms with van der Waals surface area (Å²) in [5.74, 6) is 2.16. The van der Waals surface area contributed by atoms with Gasteiger partial charge in [-0.1, -0.05) is 46.8 Å². The fourth-order valence-corrected chi connectivity index (χ4v) is 10.3. The van der Waals surface area contributed by atoms with Crippen LogP contribution in [-0.2, 0) is 0 Å². The molecule has 0 aromatic heterocycles. The molecule has 0 aromatic carbocycles. The summed E-state index contributed by atoms with van der Waals surface area (Å²) in [7, 11) is 0. The van der Waals surface area contributed by atoms with Gasteiger partial charge in [-0.3, -0.25) is 0 Å². The lowest BCUT2D eigenvalue weighted by Crippen LogP contribution is -2.64. The normalized spacial score (nSPS) is 49.3. The van der Waals surface area contributed by atoms with Crippen LogP contribution < -0.4 is 0 Å². The van der Waals surface area contributed by atoms with Gasteiger partial charge in [0.25, 0.3) is 0 Å². The van der Waals surface area contributed by atoms with Crippen LogP contribution in [0.3, 0.4) is 0 Å². The lowest BCUT2D eigenvalue weighted by atomic mass is 9.35. The molecule has 0 spiro atoms. The van der Waals surface area contributed by atoms with Crippen LogP contribution in [0.1, 0.15) is 113 Å². The third-order valence-corrected chi connectivity index (χ3v) is 12.7. The standard InChI is InChI=1S/C30H52O3/c1-19(2)22(31)12-18-30(8,33)21-11-16-28(6)20(21)9-10-24-27(5)15-14-25(32)26(3,4)23(27)13-17-29(24,28)7/h20-25,31-33H,1,9-18H2,2-8H3/t20-,21-,22-,23-,24-,25-,27+,28+,29+,30-/m1/s1. The van der Waals surface area contributed by atoms with Crippen LogP contribution in [0.25, 0.3) is 0 Å². The van der Waals surface area contributed by atoms with Gasteiger partial charge in [0, 0.05) is 0 Å². The first kappa shape index (κ1) is 25.7. The van der Waals surface area contributed by atoms with Crippen LogP contribution in [0.15, 0.2) is 12.2 Å². The third-order valence-electron chi connectivity index (χ3n) is 12.7. The lowest BCUT2D eigenvalue weighted by Gasteiger charge is -2.70. The summed E-state index contributed by atoms with van der Waals surface area (Å²) in [6.07, 6.45) is 9.91. The average Bonchev–Trinajstić information content (AvgIpc) is 3.08. The van der Waals surface area contributed by atoms with Crippen molar-refractivity contribution in [1.29, 1.82) is 0 Å². The highest BCUT2D eigenvalue weighted by Crippen LogP contribution is 2.75. The first-order chi connectivity index (χ1) is 15.1. The van der Waals surface area contributed by atoms with Gasteiger partial charge in [-0.05, 0) is 123 Å². The maximum absolute atomic E-state index is 11.6. The van der Waals surface area contributed by atoms with Gasteiger partial charge in [-0.25, -0.2) is 0 Å². The predicted octanol–water partition coefficient (Wildman–Crippen LogP) is 6.50. The number of rotatable bonds is 5. The molecule has 0 heterocycles. The highest BCUT2D eigenvalue weighted by atomic mass is 16.3. The van der Waals surface area contributed by atoms with Crippen LogP contribution in [0.4, 0.5) is 0 Å². The smallest absolute Gasteiger partial charge is 0.0745 e. The molecule has 0 radical (unpaired) electrons. The molecular formula is C30H52O3. The molecule has 4 aliphatic rings. The molecule has 3 nitrogen and oxygen atoms in total. The topological polar surface area (TPSA) is 60.7 Å². The summed E-state index contributed by atoms with van der Waals surface area (Å²) in [5, 5.41) is 32.8. The minimum Gasteiger partial charge on any atom is -0.393 e. The Kier molecular flexibility index (Phi) is 6.28. The molecule has 0 aromatic rings. The summed E-state index contributed by atoms with van der Waals surface area (Å²) in [4.78, 5) is 0. The fourth-order valence-electron chi connectivity index (χ4n) is 10.3. The van der Waals surface area contributed by atoms with E-state index in [9.17, 15) is 15.3 Å². The van der Waals surface area contributed by atoms with Gasteiger partial charge < -0.3 is 15.3 Å². The molecule has 4 rings (SSSR count). The zero-order chi connectivity index (χ0) is 24.6. The number of fused-ring (bicyclic) bond motifs is 5. The molecule has 10 atom stereocenters. The van der Waals surface area contributed by atoms with Gasteiger partial charge in [-0.15, -0.1) is 0 Å². The summed E-state index contributed by atoms with van der Waals surface area (Å²) < 4.78 is 0. The predicted molar refractivity (Wildman–Crippen MR) is 136 cm³/mol. The maximum atomic E-state index is 11.6. The molecule has 0 unspecified atom stereocenters. The maximum Gasteiger partial charge on any atom is 0.0745 e. The van der Waals surface area contributed by atoms with E-state index in [-0.39, 0.29) is 16.9 Å². The first-order valence-electron chi connectivity index (χ1n) is 13.8. The second kappa shape index (κ2) is 8.07. The van der Waals surface area contributed by atoms with Crippen molar-refractivity contribution in [3.8, 4) is 0 Å². The zero-order valence-electron chi connectivity index (χ0n) is 22.6. The number of hydrogen-bond donors (Lipinski definition) is 3. The van der Waals surface area contributed by atoms with Crippen molar-refractivity contribution < 1.29 is 15.3 Å². The lowest BCUT2D eigenvalue weighted by molar-refractivity contribution is -0.225. The monoisotopic (exact) mass is 460 g/mol. The van der Waals surface area contributed by atoms with Gasteiger partial charge in [0.1, 0.15) is 0 Å². The summed E-state index contributed by atoms with van der Waals surface area (Å²) >= 11 is 0. The van der Waals surface area contributed by atoms with Gasteiger partial charge >= 0.3 is 0 Å². The molecule has 0 aliphatic heterocycles. The Labute approximate surface area is 203 Å². The summed E-state index contributed by atoms with van der Waals surface area (Å²) in [6, 6.07) is 0. The molecule has 0 bridgehead atoms. The number of aliphatic hydroxyl groups is 3. The van der Waals surface area contributed by atoms with Crippen molar-refractivity contribution in [1.82, 2.24) is 0 Å². The van der Waals surface area contributed by atoms with Crippen LogP contribution in [0.2, 0.25) is 0 Å². The second-order valence-corrected chi connectivity index (χ2v) is 14.4. The van der Waals surface area contributed by atoms with E-state index in [4.69, 9.17) is 0 Å². The average molecular weight is 461 g/mol. The Balaban J connectivity index is 1.59. The molecular weight excluding hydrogens is 408 g/mol. The minimum atomic E-state index is -0.736. The molecule has 4 aliphatic carbocycles. The molecule has 3 heteroatoms. The second-order valence-electron chi connectivity index (χ2n) is 14.4. The SMILES string of the molecule is C=C(C)[C@H](O)CC[C@@](C)(O)[C@@H]1CC[C@@]2(C)[C@@H]1CC[C@@H]1[C@@]3(C)CC[C@@H](O)C(C)(C)[C@H]3CC[C@@]12C. The van der Waals surface area contributed by atoms with E-state index in [1.807, 2.05) is 13.8 Å². The van der Waals surface area contributed by atoms with E-state index in [0.717, 1.165) is 24.8 Å². The molecule has 0 amide bonds. The first-order valence-corrected chi connectivity index (χ1v) is 13.8. The summed E-state index contributed by atoms with van der Waals surface area (Å²) in [6.45, 7) is 20.2. The molecule has 4 fully saturated rings. The highest BCUT2D eigenvalue weighted by molar-refractivity contribution is 5.18. The largest absolute Gasteiger partial charge is 0.393 e. The van der Waals surface area contributed by atoms with Crippen molar-refractivity contribution in [2.24, 2.45) is 45.3 Å². The Bertz CT molecular complexity index is 771. The van der Waals surface area contributed by atoms with Gasteiger partial charge in [0.2, 0.25) is 0 Å². The van der Waals surface area contributed by atoms with E-state index in [2.05, 4.69) is 41.2 Å². The van der Waals surface area contributed by atoms with Gasteiger partial charge in [0.05, 0.1) is 17.8 Å². The molecule has 0 saturated heterocycles. The van der Waals surface area contributed by atoms with Crippen molar-refractivity contribution in [2.75, 3.05) is 0 Å². The van der Waals surface area contributed by atoms with Crippen LogP contribution in [-0.4, -0.2) is 33.1 Å². The number of hydrogen-bond acceptors (Lipinski definition) is 3. The van der Waals surface area contributed by atoms with E-state index in [0.29, 0.717) is 47.3 Å². The Morgan fingerprint density at radius 1 is 0.939 bits per heavy atom. The quantitative estimate of drug-likeness (QED) is 0.410. The molecule has 190 valence electrons. The van der Waals surface area contributed by atoms with E-state index < -0.39 is 11.7 Å². The Morgan fingerprint density at radius 3 is 2.21 bits per heavy atom. The molecule has 4 saturated carbocycles. The fraction of sp³-hybridized carbons (Fsp3) is 0.933. The van der Waals surface area contributed by atoms with Crippen molar-refractivity contribution in [2.45, 2.75) is 130 Å². The summed E-state index contributed by atoms with van der Waals surface area (Å²) in [5.41, 5.74) is 0.905. The highest BCUT2D eigenvalue weighted by Gasteiger charge is 2.69. The van der Waals surface area contributed by atoms with Crippen LogP contribution in [0.5, 0.6) is 0 Å². The zero-order valence-corrected chi connectivity index (χ0v) is 22.6. The van der Waals surface area contributed by atoms with Crippen LogP contribution in [0, 0.1) is 45.3 Å². The van der Waals surface area contributed by atoms with Gasteiger partial charge in [-0.2, -0.15) is 0 Å². The molecule has 33 heavy (non-hydrogen) atoms. The van der Waals surface area contributed by atoms with E-state index in [1.165, 1.54) is 32.1 Å².